The minimum Gasteiger partial charge on any atom is -0.493 e. The molecule has 0 saturated carbocycles. The van der Waals surface area contributed by atoms with E-state index in [2.05, 4.69) is 13.8 Å². The lowest BCUT2D eigenvalue weighted by Crippen LogP contribution is -2.05. The van der Waals surface area contributed by atoms with Gasteiger partial charge in [-0.15, -0.1) is 0 Å². The summed E-state index contributed by atoms with van der Waals surface area (Å²) in [6.45, 7) is 6.43. The van der Waals surface area contributed by atoms with E-state index in [-0.39, 0.29) is 5.78 Å². The van der Waals surface area contributed by atoms with E-state index in [9.17, 15) is 4.79 Å². The zero-order valence-corrected chi connectivity index (χ0v) is 10.1. The molecule has 0 saturated heterocycles. The van der Waals surface area contributed by atoms with Crippen LogP contribution in [-0.2, 0) is 4.79 Å². The van der Waals surface area contributed by atoms with Crippen LogP contribution in [0.5, 0.6) is 5.75 Å². The number of ether oxygens (including phenoxy) is 1. The third-order valence-corrected chi connectivity index (χ3v) is 1.99. The van der Waals surface area contributed by atoms with Gasteiger partial charge in [-0.05, 0) is 31.1 Å². The first-order chi connectivity index (χ1) is 7.59. The van der Waals surface area contributed by atoms with Gasteiger partial charge in [0.1, 0.15) is 5.75 Å². The predicted octanol–water partition coefficient (Wildman–Crippen LogP) is 3.32. The van der Waals surface area contributed by atoms with Crippen molar-refractivity contribution in [1.29, 1.82) is 0 Å². The smallest absolute Gasteiger partial charge is 0.152 e. The largest absolute Gasteiger partial charge is 0.493 e. The highest BCUT2D eigenvalue weighted by Crippen LogP contribution is 2.20. The minimum atomic E-state index is 0.0404. The first-order valence-electron chi connectivity index (χ1n) is 5.50. The molecule has 0 N–H and O–H groups in total. The maximum absolute atomic E-state index is 10.9. The van der Waals surface area contributed by atoms with Crippen molar-refractivity contribution in [2.45, 2.75) is 20.8 Å². The number of hydrogen-bond acceptors (Lipinski definition) is 2. The number of rotatable bonds is 5. The van der Waals surface area contributed by atoms with Crippen LogP contribution < -0.4 is 4.74 Å². The van der Waals surface area contributed by atoms with E-state index in [0.717, 1.165) is 11.3 Å². The fourth-order valence-corrected chi connectivity index (χ4v) is 1.21. The van der Waals surface area contributed by atoms with Gasteiger partial charge in [-0.2, -0.15) is 0 Å². The summed E-state index contributed by atoms with van der Waals surface area (Å²) in [4.78, 5) is 10.9. The van der Waals surface area contributed by atoms with Crippen LogP contribution in [-0.4, -0.2) is 12.4 Å². The first-order valence-corrected chi connectivity index (χ1v) is 5.50. The zero-order chi connectivity index (χ0) is 12.0. The molecular weight excluding hydrogens is 200 g/mol. The van der Waals surface area contributed by atoms with Gasteiger partial charge in [-0.1, -0.05) is 32.0 Å². The second-order valence-corrected chi connectivity index (χ2v) is 4.19. The molecule has 0 unspecified atom stereocenters. The molecule has 0 aromatic heterocycles. The zero-order valence-electron chi connectivity index (χ0n) is 10.1. The number of para-hydroxylation sites is 1. The highest BCUT2D eigenvalue weighted by atomic mass is 16.5. The van der Waals surface area contributed by atoms with Crippen molar-refractivity contribution in [2.24, 2.45) is 5.92 Å². The molecule has 0 aliphatic heterocycles. The number of carbonyl (C=O) groups excluding carboxylic acids is 1. The van der Waals surface area contributed by atoms with Gasteiger partial charge in [0.25, 0.3) is 0 Å². The average Bonchev–Trinajstić information content (AvgIpc) is 2.24. The average molecular weight is 218 g/mol. The minimum absolute atomic E-state index is 0.0404. The molecule has 1 aromatic carbocycles. The predicted molar refractivity (Wildman–Crippen MR) is 66.5 cm³/mol. The normalized spacial score (nSPS) is 11.0. The van der Waals surface area contributed by atoms with Gasteiger partial charge in [0, 0.05) is 5.56 Å². The van der Waals surface area contributed by atoms with E-state index < -0.39 is 0 Å². The molecule has 0 aliphatic rings. The molecule has 86 valence electrons. The molecular formula is C14H18O2. The van der Waals surface area contributed by atoms with Crippen LogP contribution in [0.4, 0.5) is 0 Å². The lowest BCUT2D eigenvalue weighted by atomic mass is 10.1. The van der Waals surface area contributed by atoms with Gasteiger partial charge in [0.15, 0.2) is 5.78 Å². The topological polar surface area (TPSA) is 26.3 Å². The van der Waals surface area contributed by atoms with Crippen molar-refractivity contribution >= 4 is 11.9 Å². The molecule has 0 radical (unpaired) electrons. The number of ketones is 1. The summed E-state index contributed by atoms with van der Waals surface area (Å²) >= 11 is 0. The monoisotopic (exact) mass is 218 g/mol. The maximum atomic E-state index is 10.9. The third-order valence-electron chi connectivity index (χ3n) is 1.99. The fraction of sp³-hybridized carbons (Fsp3) is 0.357. The first kappa shape index (κ1) is 12.5. The van der Waals surface area contributed by atoms with Crippen molar-refractivity contribution in [2.75, 3.05) is 6.61 Å². The molecule has 0 aliphatic carbocycles. The highest BCUT2D eigenvalue weighted by Gasteiger charge is 2.01. The fourth-order valence-electron chi connectivity index (χ4n) is 1.21. The summed E-state index contributed by atoms with van der Waals surface area (Å²) in [6.07, 6.45) is 3.34. The molecule has 16 heavy (non-hydrogen) atoms. The summed E-state index contributed by atoms with van der Waals surface area (Å²) in [5, 5.41) is 0. The molecule has 2 nitrogen and oxygen atoms in total. The van der Waals surface area contributed by atoms with E-state index in [1.807, 2.05) is 24.3 Å². The van der Waals surface area contributed by atoms with Gasteiger partial charge in [0.05, 0.1) is 6.61 Å². The van der Waals surface area contributed by atoms with Crippen molar-refractivity contribution in [3.8, 4) is 5.75 Å². The van der Waals surface area contributed by atoms with E-state index >= 15 is 0 Å². The van der Waals surface area contributed by atoms with E-state index in [0.29, 0.717) is 12.5 Å². The Labute approximate surface area is 96.9 Å². The molecule has 2 heteroatoms. The number of allylic oxidation sites excluding steroid dienone is 1. The maximum Gasteiger partial charge on any atom is 0.152 e. The van der Waals surface area contributed by atoms with Crippen LogP contribution in [0.3, 0.4) is 0 Å². The lowest BCUT2D eigenvalue weighted by Gasteiger charge is -2.10. The van der Waals surface area contributed by atoms with Crippen LogP contribution in [0, 0.1) is 5.92 Å². The Kier molecular flexibility index (Phi) is 4.77. The van der Waals surface area contributed by atoms with Crippen LogP contribution in [0.1, 0.15) is 26.3 Å². The molecule has 0 amide bonds. The summed E-state index contributed by atoms with van der Waals surface area (Å²) < 4.78 is 5.67. The molecule has 1 rings (SSSR count). The van der Waals surface area contributed by atoms with Gasteiger partial charge >= 0.3 is 0 Å². The standard InChI is InChI=1S/C14H18O2/c1-11(2)10-16-14-7-5-4-6-13(14)9-8-12(3)15/h4-9,11H,10H2,1-3H3/b9-8+. The highest BCUT2D eigenvalue weighted by molar-refractivity contribution is 5.91. The van der Waals surface area contributed by atoms with Crippen LogP contribution in [0.25, 0.3) is 6.08 Å². The van der Waals surface area contributed by atoms with E-state index in [4.69, 9.17) is 4.74 Å². The van der Waals surface area contributed by atoms with E-state index in [1.54, 1.807) is 12.2 Å². The van der Waals surface area contributed by atoms with Crippen molar-refractivity contribution in [1.82, 2.24) is 0 Å². The van der Waals surface area contributed by atoms with Crippen LogP contribution >= 0.6 is 0 Å². The molecule has 0 spiro atoms. The Morgan fingerprint density at radius 2 is 2.06 bits per heavy atom. The van der Waals surface area contributed by atoms with Gasteiger partial charge < -0.3 is 4.74 Å². The Bertz CT molecular complexity index is 378. The van der Waals surface area contributed by atoms with Crippen molar-refractivity contribution < 1.29 is 9.53 Å². The van der Waals surface area contributed by atoms with E-state index in [1.165, 1.54) is 6.92 Å². The Balaban J connectivity index is 2.79. The quantitative estimate of drug-likeness (QED) is 0.709. The molecule has 0 bridgehead atoms. The SMILES string of the molecule is CC(=O)/C=C/c1ccccc1OCC(C)C. The Morgan fingerprint density at radius 3 is 2.69 bits per heavy atom. The second kappa shape index (κ2) is 6.11. The third kappa shape index (κ3) is 4.30. The summed E-state index contributed by atoms with van der Waals surface area (Å²) in [7, 11) is 0. The summed E-state index contributed by atoms with van der Waals surface area (Å²) in [5.41, 5.74) is 0.943. The summed E-state index contributed by atoms with van der Waals surface area (Å²) in [5.74, 6) is 1.36. The van der Waals surface area contributed by atoms with Gasteiger partial charge in [-0.3, -0.25) is 4.79 Å². The van der Waals surface area contributed by atoms with Gasteiger partial charge in [-0.25, -0.2) is 0 Å². The number of hydrogen-bond donors (Lipinski definition) is 0. The number of carbonyl (C=O) groups is 1. The second-order valence-electron chi connectivity index (χ2n) is 4.19. The van der Waals surface area contributed by atoms with Gasteiger partial charge in [0.2, 0.25) is 0 Å². The van der Waals surface area contributed by atoms with Crippen molar-refractivity contribution in [3.63, 3.8) is 0 Å². The molecule has 0 atom stereocenters. The molecule has 0 fully saturated rings. The lowest BCUT2D eigenvalue weighted by molar-refractivity contribution is -0.112. The summed E-state index contributed by atoms with van der Waals surface area (Å²) in [6, 6.07) is 7.72. The Hall–Kier alpha value is -1.57. The van der Waals surface area contributed by atoms with Crippen LogP contribution in [0.15, 0.2) is 30.3 Å². The Morgan fingerprint density at radius 1 is 1.38 bits per heavy atom. The molecule has 1 aromatic rings. The van der Waals surface area contributed by atoms with Crippen LogP contribution in [0.2, 0.25) is 0 Å². The number of benzene rings is 1. The molecule has 0 heterocycles. The van der Waals surface area contributed by atoms with Crippen molar-refractivity contribution in [3.05, 3.63) is 35.9 Å².